The molecule has 0 heterocycles. The summed E-state index contributed by atoms with van der Waals surface area (Å²) >= 11 is 0. The van der Waals surface area contributed by atoms with Gasteiger partial charge >= 0.3 is 27.5 Å². The zero-order valence-corrected chi connectivity index (χ0v) is 11.8. The van der Waals surface area contributed by atoms with Crippen molar-refractivity contribution in [2.75, 3.05) is 0 Å². The van der Waals surface area contributed by atoms with Gasteiger partial charge in [-0.25, -0.2) is 4.39 Å². The van der Waals surface area contributed by atoms with Gasteiger partial charge in [-0.3, -0.25) is 4.55 Å². The highest BCUT2D eigenvalue weighted by Crippen LogP contribution is 2.43. The van der Waals surface area contributed by atoms with Gasteiger partial charge in [-0.1, -0.05) is 12.8 Å². The van der Waals surface area contributed by atoms with Crippen molar-refractivity contribution in [2.45, 2.75) is 55.6 Å². The molecule has 1 atom stereocenters. The maximum absolute atomic E-state index is 13.0. The first kappa shape index (κ1) is 23.6. The molecule has 136 valence electrons. The summed E-state index contributed by atoms with van der Waals surface area (Å²) in [5.74, 6) is -5.69. The molecule has 0 aromatic rings. The van der Waals surface area contributed by atoms with Crippen LogP contribution in [-0.4, -0.2) is 36.5 Å². The Hall–Kier alpha value is -0.690. The summed E-state index contributed by atoms with van der Waals surface area (Å²) in [6.07, 6.45) is -12.0. The van der Waals surface area contributed by atoms with Gasteiger partial charge in [0.25, 0.3) is 0 Å². The summed E-state index contributed by atoms with van der Waals surface area (Å²) in [7, 11) is -6.53. The van der Waals surface area contributed by atoms with E-state index in [0.29, 0.717) is 0 Å². The fourth-order valence-corrected chi connectivity index (χ4v) is 1.83. The maximum atomic E-state index is 13.0. The molecule has 0 rings (SSSR count). The second kappa shape index (κ2) is 7.73. The minimum absolute atomic E-state index is 0. The van der Waals surface area contributed by atoms with Crippen LogP contribution in [0, 0.1) is 0 Å². The number of hydrogen-bond donors (Lipinski definition) is 2. The molecule has 0 bridgehead atoms. The molecule has 0 spiro atoms. The topological polar surface area (TPSA) is 89.4 Å². The Kier molecular flexibility index (Phi) is 8.28. The van der Waals surface area contributed by atoms with Crippen LogP contribution in [0.5, 0.6) is 0 Å². The third-order valence-corrected chi connectivity index (χ3v) is 3.44. The van der Waals surface area contributed by atoms with E-state index in [1.165, 1.54) is 0 Å². The van der Waals surface area contributed by atoms with Gasteiger partial charge in [-0.15, -0.1) is 0 Å². The third-order valence-electron chi connectivity index (χ3n) is 2.52. The van der Waals surface area contributed by atoms with Crippen LogP contribution < -0.4 is 6.15 Å². The van der Waals surface area contributed by atoms with Crippen LogP contribution in [0.1, 0.15) is 32.1 Å². The minimum Gasteiger partial charge on any atom is -0.344 e. The van der Waals surface area contributed by atoms with Crippen LogP contribution in [0.2, 0.25) is 0 Å². The van der Waals surface area contributed by atoms with Gasteiger partial charge in [0.1, 0.15) is 0 Å². The monoisotopic (exact) mass is 369 g/mol. The van der Waals surface area contributed by atoms with Gasteiger partial charge in [0.2, 0.25) is 0 Å². The number of alkyl halides is 8. The van der Waals surface area contributed by atoms with Crippen LogP contribution in [0.3, 0.4) is 0 Å². The Morgan fingerprint density at radius 1 is 0.909 bits per heavy atom. The third kappa shape index (κ3) is 6.20. The molecular formula is C9H15F8NO3S. The second-order valence-electron chi connectivity index (χ2n) is 4.30. The highest BCUT2D eigenvalue weighted by Gasteiger charge is 2.69. The first-order chi connectivity index (χ1) is 9.13. The normalized spacial score (nSPS) is 15.3. The second-order valence-corrected chi connectivity index (χ2v) is 5.76. The highest BCUT2D eigenvalue weighted by atomic mass is 32.2. The Balaban J connectivity index is 0. The summed E-state index contributed by atoms with van der Waals surface area (Å²) < 4.78 is 128. The summed E-state index contributed by atoms with van der Waals surface area (Å²) in [6, 6.07) is 0. The van der Waals surface area contributed by atoms with Crippen molar-refractivity contribution in [1.29, 1.82) is 0 Å². The van der Waals surface area contributed by atoms with Crippen LogP contribution >= 0.6 is 0 Å². The van der Waals surface area contributed by atoms with Crippen molar-refractivity contribution in [3.05, 3.63) is 0 Å². The van der Waals surface area contributed by atoms with Crippen molar-refractivity contribution >= 4 is 10.1 Å². The Labute approximate surface area is 121 Å². The van der Waals surface area contributed by atoms with Crippen molar-refractivity contribution in [3.8, 4) is 0 Å². The lowest BCUT2D eigenvalue weighted by Gasteiger charge is -2.26. The zero-order chi connectivity index (χ0) is 17.1. The van der Waals surface area contributed by atoms with Crippen LogP contribution in [0.15, 0.2) is 0 Å². The molecule has 0 aliphatic carbocycles. The molecule has 0 fully saturated rings. The number of hydrogen-bond acceptors (Lipinski definition) is 3. The molecule has 4 N–H and O–H groups in total. The molecule has 0 aromatic heterocycles. The van der Waals surface area contributed by atoms with Crippen LogP contribution in [0.4, 0.5) is 35.1 Å². The molecule has 0 aromatic carbocycles. The zero-order valence-electron chi connectivity index (χ0n) is 11.0. The lowest BCUT2D eigenvalue weighted by molar-refractivity contribution is -0.198. The standard InChI is InChI=1S/C9H12F8O3S.H3N/c10-6(4-2-1-3-5-7(11,12)13)8(14,15)9(16,17)21(18,19)20;/h6H,1-5H2,(H,18,19,20);1H3. The van der Waals surface area contributed by atoms with Gasteiger partial charge in [0, 0.05) is 6.42 Å². The van der Waals surface area contributed by atoms with Gasteiger partial charge in [0.15, 0.2) is 6.17 Å². The fraction of sp³-hybridized carbons (Fsp3) is 1.00. The van der Waals surface area contributed by atoms with Gasteiger partial charge in [-0.2, -0.15) is 39.2 Å². The lowest BCUT2D eigenvalue weighted by atomic mass is 10.1. The van der Waals surface area contributed by atoms with Crippen LogP contribution in [0.25, 0.3) is 0 Å². The van der Waals surface area contributed by atoms with E-state index in [2.05, 4.69) is 0 Å². The summed E-state index contributed by atoms with van der Waals surface area (Å²) in [6.45, 7) is 0. The van der Waals surface area contributed by atoms with Crippen LogP contribution in [-0.2, 0) is 10.1 Å². The molecular weight excluding hydrogens is 354 g/mol. The highest BCUT2D eigenvalue weighted by molar-refractivity contribution is 7.87. The average molecular weight is 369 g/mol. The largest absolute Gasteiger partial charge is 0.434 e. The average Bonchev–Trinajstić information content (AvgIpc) is 2.24. The van der Waals surface area contributed by atoms with E-state index in [4.69, 9.17) is 4.55 Å². The fourth-order valence-electron chi connectivity index (χ4n) is 1.36. The Morgan fingerprint density at radius 3 is 1.73 bits per heavy atom. The predicted molar refractivity (Wildman–Crippen MR) is 60.5 cm³/mol. The number of rotatable bonds is 8. The van der Waals surface area contributed by atoms with E-state index in [1.807, 2.05) is 0 Å². The Morgan fingerprint density at radius 2 is 1.36 bits per heavy atom. The van der Waals surface area contributed by atoms with E-state index in [1.54, 1.807) is 0 Å². The van der Waals surface area contributed by atoms with E-state index < -0.39 is 59.3 Å². The van der Waals surface area contributed by atoms with Gasteiger partial charge in [0.05, 0.1) is 0 Å². The summed E-state index contributed by atoms with van der Waals surface area (Å²) in [5, 5.41) is -6.02. The van der Waals surface area contributed by atoms with E-state index in [0.717, 1.165) is 0 Å². The molecule has 4 nitrogen and oxygen atoms in total. The van der Waals surface area contributed by atoms with Gasteiger partial charge in [-0.05, 0) is 12.8 Å². The number of halogens is 8. The molecule has 0 radical (unpaired) electrons. The lowest BCUT2D eigenvalue weighted by Crippen LogP contribution is -2.52. The van der Waals surface area contributed by atoms with Crippen molar-refractivity contribution in [3.63, 3.8) is 0 Å². The first-order valence-corrected chi connectivity index (χ1v) is 7.00. The van der Waals surface area contributed by atoms with E-state index >= 15 is 0 Å². The number of unbranched alkanes of at least 4 members (excludes halogenated alkanes) is 2. The van der Waals surface area contributed by atoms with Crippen molar-refractivity contribution in [2.24, 2.45) is 0 Å². The summed E-state index contributed by atoms with van der Waals surface area (Å²) in [5.41, 5.74) is 0. The SMILES string of the molecule is N.O=S(=O)(O)C(F)(F)C(F)(F)C(F)CCCCCC(F)(F)F. The maximum Gasteiger partial charge on any atom is 0.434 e. The quantitative estimate of drug-likeness (QED) is 0.383. The van der Waals surface area contributed by atoms with Gasteiger partial charge < -0.3 is 6.15 Å². The molecule has 1 unspecified atom stereocenters. The van der Waals surface area contributed by atoms with E-state index in [9.17, 15) is 43.5 Å². The van der Waals surface area contributed by atoms with Crippen molar-refractivity contribution in [1.82, 2.24) is 6.15 Å². The molecule has 0 aliphatic heterocycles. The first-order valence-electron chi connectivity index (χ1n) is 5.56. The van der Waals surface area contributed by atoms with E-state index in [-0.39, 0.29) is 12.6 Å². The summed E-state index contributed by atoms with van der Waals surface area (Å²) in [4.78, 5) is 0. The van der Waals surface area contributed by atoms with Crippen molar-refractivity contribution < 1.29 is 48.1 Å². The molecule has 0 amide bonds. The predicted octanol–water partition coefficient (Wildman–Crippen LogP) is 4.12. The smallest absolute Gasteiger partial charge is 0.344 e. The molecule has 13 heteroatoms. The molecule has 0 aliphatic rings. The molecule has 0 saturated heterocycles. The minimum atomic E-state index is -6.53. The Bertz CT molecular complexity index is 437. The molecule has 22 heavy (non-hydrogen) atoms. The molecule has 0 saturated carbocycles.